The molecule has 1 amide bonds. The Hall–Kier alpha value is -1.85. The van der Waals surface area contributed by atoms with E-state index in [-0.39, 0.29) is 12.5 Å². The number of anilines is 1. The van der Waals surface area contributed by atoms with E-state index in [1.807, 2.05) is 42.5 Å². The molecule has 1 aliphatic carbocycles. The van der Waals surface area contributed by atoms with Crippen LogP contribution in [0.4, 0.5) is 5.69 Å². The Kier molecular flexibility index (Phi) is 4.98. The molecule has 0 bridgehead atoms. The molecule has 2 aromatic rings. The fraction of sp³-hybridized carbons (Fsp3) is 0.278. The molecule has 0 fully saturated rings. The van der Waals surface area contributed by atoms with Gasteiger partial charge in [-0.1, -0.05) is 34.1 Å². The smallest absolute Gasteiger partial charge is 0.262 e. The summed E-state index contributed by atoms with van der Waals surface area (Å²) >= 11 is 3.37. The fourth-order valence-corrected chi connectivity index (χ4v) is 3.23. The molecular weight excluding hydrogens is 358 g/mol. The van der Waals surface area contributed by atoms with Gasteiger partial charge in [0, 0.05) is 10.2 Å². The summed E-state index contributed by atoms with van der Waals surface area (Å²) in [5.41, 5.74) is 2.65. The number of benzene rings is 2. The van der Waals surface area contributed by atoms with E-state index < -0.39 is 6.10 Å². The summed E-state index contributed by atoms with van der Waals surface area (Å²) < 4.78 is 6.59. The molecule has 0 aliphatic heterocycles. The Labute approximate surface area is 143 Å². The number of hydrogen-bond donors (Lipinski definition) is 2. The summed E-state index contributed by atoms with van der Waals surface area (Å²) in [6, 6.07) is 13.0. The van der Waals surface area contributed by atoms with Gasteiger partial charge >= 0.3 is 0 Å². The van der Waals surface area contributed by atoms with Gasteiger partial charge in [0.05, 0.1) is 6.10 Å². The van der Waals surface area contributed by atoms with Crippen molar-refractivity contribution in [3.8, 4) is 5.75 Å². The zero-order valence-electron chi connectivity index (χ0n) is 12.6. The average molecular weight is 376 g/mol. The first-order valence-corrected chi connectivity index (χ1v) is 8.41. The van der Waals surface area contributed by atoms with E-state index in [9.17, 15) is 9.90 Å². The molecule has 1 aliphatic rings. The third kappa shape index (κ3) is 3.92. The van der Waals surface area contributed by atoms with Crippen LogP contribution in [0.15, 0.2) is 46.9 Å². The minimum atomic E-state index is -0.433. The van der Waals surface area contributed by atoms with E-state index in [1.165, 1.54) is 0 Å². The van der Waals surface area contributed by atoms with Crippen LogP contribution < -0.4 is 10.1 Å². The number of hydrogen-bond acceptors (Lipinski definition) is 3. The molecule has 0 saturated heterocycles. The van der Waals surface area contributed by atoms with Gasteiger partial charge in [0.1, 0.15) is 5.75 Å². The van der Waals surface area contributed by atoms with Crippen LogP contribution in [-0.4, -0.2) is 17.6 Å². The molecule has 0 saturated carbocycles. The van der Waals surface area contributed by atoms with Gasteiger partial charge in [-0.3, -0.25) is 4.79 Å². The Morgan fingerprint density at radius 3 is 2.96 bits per heavy atom. The number of aliphatic hydroxyl groups is 1. The Morgan fingerprint density at radius 1 is 1.30 bits per heavy atom. The summed E-state index contributed by atoms with van der Waals surface area (Å²) in [4.78, 5) is 12.0. The highest BCUT2D eigenvalue weighted by Gasteiger charge is 2.21. The van der Waals surface area contributed by atoms with E-state index in [2.05, 4.69) is 21.2 Å². The molecule has 0 heterocycles. The fourth-order valence-electron chi connectivity index (χ4n) is 2.83. The predicted molar refractivity (Wildman–Crippen MR) is 92.6 cm³/mol. The van der Waals surface area contributed by atoms with Gasteiger partial charge in [0.25, 0.3) is 5.91 Å². The maximum Gasteiger partial charge on any atom is 0.262 e. The van der Waals surface area contributed by atoms with Crippen LogP contribution in [0.2, 0.25) is 0 Å². The van der Waals surface area contributed by atoms with Crippen LogP contribution >= 0.6 is 15.9 Å². The number of amides is 1. The second-order valence-corrected chi connectivity index (χ2v) is 6.49. The lowest BCUT2D eigenvalue weighted by molar-refractivity contribution is -0.118. The second-order valence-electron chi connectivity index (χ2n) is 5.58. The molecule has 0 spiro atoms. The van der Waals surface area contributed by atoms with E-state index in [0.29, 0.717) is 5.75 Å². The lowest BCUT2D eigenvalue weighted by Crippen LogP contribution is -2.21. The van der Waals surface area contributed by atoms with Gasteiger partial charge in [-0.05, 0) is 54.7 Å². The number of ether oxygens (including phenoxy) is 1. The number of rotatable bonds is 4. The van der Waals surface area contributed by atoms with E-state index in [0.717, 1.165) is 40.5 Å². The summed E-state index contributed by atoms with van der Waals surface area (Å²) in [7, 11) is 0. The van der Waals surface area contributed by atoms with E-state index in [4.69, 9.17) is 4.74 Å². The van der Waals surface area contributed by atoms with Crippen molar-refractivity contribution in [3.05, 3.63) is 58.1 Å². The first-order chi connectivity index (χ1) is 11.1. The maximum absolute atomic E-state index is 12.0. The van der Waals surface area contributed by atoms with E-state index in [1.54, 1.807) is 0 Å². The largest absolute Gasteiger partial charge is 0.483 e. The molecule has 3 rings (SSSR count). The molecule has 2 aromatic carbocycles. The normalized spacial score (nSPS) is 16.5. The van der Waals surface area contributed by atoms with Crippen molar-refractivity contribution in [2.45, 2.75) is 25.4 Å². The van der Waals surface area contributed by atoms with E-state index >= 15 is 0 Å². The molecule has 0 radical (unpaired) electrons. The van der Waals surface area contributed by atoms with Gasteiger partial charge in [-0.2, -0.15) is 0 Å². The monoisotopic (exact) mass is 375 g/mol. The highest BCUT2D eigenvalue weighted by Crippen LogP contribution is 2.35. The molecule has 0 aromatic heterocycles. The molecule has 23 heavy (non-hydrogen) atoms. The summed E-state index contributed by atoms with van der Waals surface area (Å²) in [6.45, 7) is -0.0565. The number of aliphatic hydroxyl groups excluding tert-OH is 1. The van der Waals surface area contributed by atoms with Gasteiger partial charge < -0.3 is 15.2 Å². The number of halogens is 1. The summed E-state index contributed by atoms with van der Waals surface area (Å²) in [5, 5.41) is 12.8. The zero-order chi connectivity index (χ0) is 16.2. The lowest BCUT2D eigenvalue weighted by Gasteiger charge is -2.23. The highest BCUT2D eigenvalue weighted by molar-refractivity contribution is 9.10. The zero-order valence-corrected chi connectivity index (χ0v) is 14.2. The lowest BCUT2D eigenvalue weighted by atomic mass is 9.89. The minimum Gasteiger partial charge on any atom is -0.483 e. The van der Waals surface area contributed by atoms with Crippen molar-refractivity contribution in [2.75, 3.05) is 11.9 Å². The average Bonchev–Trinajstić information content (AvgIpc) is 2.53. The van der Waals surface area contributed by atoms with Crippen LogP contribution in [-0.2, 0) is 11.2 Å². The second kappa shape index (κ2) is 7.15. The molecule has 5 heteroatoms. The van der Waals surface area contributed by atoms with Crippen molar-refractivity contribution < 1.29 is 14.6 Å². The van der Waals surface area contributed by atoms with Gasteiger partial charge in [-0.25, -0.2) is 0 Å². The topological polar surface area (TPSA) is 58.6 Å². The van der Waals surface area contributed by atoms with Crippen LogP contribution in [0.3, 0.4) is 0 Å². The SMILES string of the molecule is O=C(COc1cccc2c1CCCC2O)Nc1cccc(Br)c1. The minimum absolute atomic E-state index is 0.0565. The van der Waals surface area contributed by atoms with Gasteiger partial charge in [-0.15, -0.1) is 0 Å². The molecule has 120 valence electrons. The quantitative estimate of drug-likeness (QED) is 0.853. The number of carbonyl (C=O) groups excluding carboxylic acids is 1. The van der Waals surface area contributed by atoms with Crippen molar-refractivity contribution in [1.82, 2.24) is 0 Å². The van der Waals surface area contributed by atoms with Crippen molar-refractivity contribution in [2.24, 2.45) is 0 Å². The molecule has 1 atom stereocenters. The highest BCUT2D eigenvalue weighted by atomic mass is 79.9. The first-order valence-electron chi connectivity index (χ1n) is 7.61. The van der Waals surface area contributed by atoms with Gasteiger partial charge in [0.2, 0.25) is 0 Å². The first kappa shape index (κ1) is 16.0. The van der Waals surface area contributed by atoms with Gasteiger partial charge in [0.15, 0.2) is 6.61 Å². The number of nitrogens with one attached hydrogen (secondary N) is 1. The van der Waals surface area contributed by atoms with Crippen LogP contribution in [0, 0.1) is 0 Å². The maximum atomic E-state index is 12.0. The third-order valence-electron chi connectivity index (χ3n) is 3.90. The van der Waals surface area contributed by atoms with Crippen molar-refractivity contribution in [1.29, 1.82) is 0 Å². The van der Waals surface area contributed by atoms with Crippen LogP contribution in [0.5, 0.6) is 5.75 Å². The molecular formula is C18H18BrNO3. The Balaban J connectivity index is 1.64. The van der Waals surface area contributed by atoms with Crippen molar-refractivity contribution in [3.63, 3.8) is 0 Å². The third-order valence-corrected chi connectivity index (χ3v) is 4.39. The Morgan fingerprint density at radius 2 is 2.13 bits per heavy atom. The predicted octanol–water partition coefficient (Wildman–Crippen LogP) is 3.84. The van der Waals surface area contributed by atoms with Crippen LogP contribution in [0.25, 0.3) is 0 Å². The number of fused-ring (bicyclic) bond motifs is 1. The van der Waals surface area contributed by atoms with Crippen molar-refractivity contribution >= 4 is 27.5 Å². The molecule has 4 nitrogen and oxygen atoms in total. The Bertz CT molecular complexity index is 717. The molecule has 2 N–H and O–H groups in total. The van der Waals surface area contributed by atoms with Crippen LogP contribution in [0.1, 0.15) is 30.1 Å². The standard InChI is InChI=1S/C18H18BrNO3/c19-12-4-1-5-13(10-12)20-18(22)11-23-17-9-3-6-14-15(17)7-2-8-16(14)21/h1,3-6,9-10,16,21H,2,7-8,11H2,(H,20,22). The summed E-state index contributed by atoms with van der Waals surface area (Å²) in [6.07, 6.45) is 2.15. The summed E-state index contributed by atoms with van der Waals surface area (Å²) in [5.74, 6) is 0.475. The molecule has 1 unspecified atom stereocenters. The number of carbonyl (C=O) groups is 1.